The van der Waals surface area contributed by atoms with Crippen molar-refractivity contribution < 1.29 is 14.7 Å². The quantitative estimate of drug-likeness (QED) is 0.637. The Morgan fingerprint density at radius 1 is 1.33 bits per heavy atom. The Morgan fingerprint density at radius 2 is 2.08 bits per heavy atom. The molecule has 0 aliphatic heterocycles. The van der Waals surface area contributed by atoms with Crippen LogP contribution in [0, 0.1) is 17.8 Å². The van der Waals surface area contributed by atoms with Gasteiger partial charge in [0.15, 0.2) is 0 Å². The second-order valence-corrected chi connectivity index (χ2v) is 3.98. The zero-order valence-corrected chi connectivity index (χ0v) is 6.82. The van der Waals surface area contributed by atoms with Crippen molar-refractivity contribution in [3.8, 4) is 0 Å². The van der Waals surface area contributed by atoms with Crippen molar-refractivity contribution >= 4 is 11.8 Å². The van der Waals surface area contributed by atoms with E-state index in [1.807, 2.05) is 0 Å². The van der Waals surface area contributed by atoms with Gasteiger partial charge >= 0.3 is 5.97 Å². The molecule has 3 atom stereocenters. The molecule has 66 valence electrons. The molecule has 2 rings (SSSR count). The molecule has 0 aromatic rings. The number of carboxylic acid groups (broad SMARTS) is 1. The van der Waals surface area contributed by atoms with Gasteiger partial charge in [0.1, 0.15) is 5.78 Å². The lowest BCUT2D eigenvalue weighted by molar-refractivity contribution is -0.143. The zero-order valence-electron chi connectivity index (χ0n) is 6.82. The third-order valence-electron chi connectivity index (χ3n) is 3.10. The minimum atomic E-state index is -0.723. The molecule has 0 heterocycles. The van der Waals surface area contributed by atoms with Crippen molar-refractivity contribution in [1.29, 1.82) is 0 Å². The molecule has 0 radical (unpaired) electrons. The molecule has 2 aliphatic carbocycles. The summed E-state index contributed by atoms with van der Waals surface area (Å²) in [6.45, 7) is 0. The van der Waals surface area contributed by atoms with Gasteiger partial charge in [-0.25, -0.2) is 0 Å². The van der Waals surface area contributed by atoms with Gasteiger partial charge in [0.05, 0.1) is 5.92 Å². The summed E-state index contributed by atoms with van der Waals surface area (Å²) in [5.74, 6) is -0.231. The maximum atomic E-state index is 11.2. The summed E-state index contributed by atoms with van der Waals surface area (Å²) >= 11 is 0. The highest BCUT2D eigenvalue weighted by molar-refractivity contribution is 5.85. The Bertz CT molecular complexity index is 234. The first-order valence-corrected chi connectivity index (χ1v) is 4.42. The first-order valence-electron chi connectivity index (χ1n) is 4.42. The highest BCUT2D eigenvalue weighted by Crippen LogP contribution is 2.42. The fourth-order valence-corrected chi connectivity index (χ4v) is 2.52. The lowest BCUT2D eigenvalue weighted by Gasteiger charge is -2.22. The average molecular weight is 168 g/mol. The first kappa shape index (κ1) is 7.77. The van der Waals surface area contributed by atoms with Gasteiger partial charge in [-0.1, -0.05) is 0 Å². The van der Waals surface area contributed by atoms with E-state index < -0.39 is 5.97 Å². The van der Waals surface area contributed by atoms with Crippen molar-refractivity contribution in [2.75, 3.05) is 0 Å². The topological polar surface area (TPSA) is 54.4 Å². The molecule has 3 heteroatoms. The van der Waals surface area contributed by atoms with Crippen molar-refractivity contribution in [2.45, 2.75) is 25.7 Å². The average Bonchev–Trinajstić information content (AvgIpc) is 2.26. The Morgan fingerprint density at radius 3 is 2.67 bits per heavy atom. The summed E-state index contributed by atoms with van der Waals surface area (Å²) in [4.78, 5) is 21.9. The van der Waals surface area contributed by atoms with E-state index in [0.717, 1.165) is 12.8 Å². The lowest BCUT2D eigenvalue weighted by atomic mass is 9.81. The number of hydrogen-bond acceptors (Lipinski definition) is 2. The number of rotatable bonds is 1. The second-order valence-electron chi connectivity index (χ2n) is 3.98. The fourth-order valence-electron chi connectivity index (χ4n) is 2.52. The van der Waals surface area contributed by atoms with Crippen molar-refractivity contribution in [3.63, 3.8) is 0 Å². The maximum Gasteiger partial charge on any atom is 0.306 e. The summed E-state index contributed by atoms with van der Waals surface area (Å²) < 4.78 is 0. The standard InChI is InChI=1S/C9H12O3/c10-8-3-5-1-6(8)4-7(2-5)9(11)12/h5-7H,1-4H2,(H,11,12). The largest absolute Gasteiger partial charge is 0.481 e. The third kappa shape index (κ3) is 1.13. The van der Waals surface area contributed by atoms with Crippen molar-refractivity contribution in [1.82, 2.24) is 0 Å². The molecule has 2 saturated carbocycles. The van der Waals surface area contributed by atoms with E-state index in [1.54, 1.807) is 0 Å². The van der Waals surface area contributed by atoms with Gasteiger partial charge in [0.25, 0.3) is 0 Å². The van der Waals surface area contributed by atoms with E-state index in [-0.39, 0.29) is 11.8 Å². The predicted octanol–water partition coefficient (Wildman–Crippen LogP) is 1.08. The Hall–Kier alpha value is -0.860. The van der Waals surface area contributed by atoms with Gasteiger partial charge in [-0.05, 0) is 25.2 Å². The molecular weight excluding hydrogens is 156 g/mol. The van der Waals surface area contributed by atoms with Crippen molar-refractivity contribution in [3.05, 3.63) is 0 Å². The number of aliphatic carboxylic acids is 1. The van der Waals surface area contributed by atoms with Crippen LogP contribution in [0.25, 0.3) is 0 Å². The molecule has 0 amide bonds. The number of carbonyl (C=O) groups is 2. The first-order chi connectivity index (χ1) is 5.66. The highest BCUT2D eigenvalue weighted by Gasteiger charge is 2.41. The third-order valence-corrected chi connectivity index (χ3v) is 3.10. The summed E-state index contributed by atoms with van der Waals surface area (Å²) in [5.41, 5.74) is 0. The highest BCUT2D eigenvalue weighted by atomic mass is 16.4. The Labute approximate surface area is 70.8 Å². The smallest absolute Gasteiger partial charge is 0.306 e. The number of carboxylic acids is 1. The van der Waals surface area contributed by atoms with Crippen LogP contribution in [0.4, 0.5) is 0 Å². The number of carbonyl (C=O) groups excluding carboxylic acids is 1. The Balaban J connectivity index is 2.10. The molecule has 3 nitrogen and oxygen atoms in total. The molecule has 2 fully saturated rings. The van der Waals surface area contributed by atoms with Crippen LogP contribution in [0.3, 0.4) is 0 Å². The SMILES string of the molecule is O=C(O)C1CC2CC(=O)C(C2)C1. The Kier molecular flexibility index (Phi) is 1.67. The van der Waals surface area contributed by atoms with Gasteiger partial charge in [-0.3, -0.25) is 9.59 Å². The van der Waals surface area contributed by atoms with Crippen LogP contribution in [0.1, 0.15) is 25.7 Å². The number of hydrogen-bond donors (Lipinski definition) is 1. The van der Waals surface area contributed by atoms with E-state index in [0.29, 0.717) is 24.5 Å². The fraction of sp³-hybridized carbons (Fsp3) is 0.778. The normalized spacial score (nSPS) is 40.0. The minimum Gasteiger partial charge on any atom is -0.481 e. The summed E-state index contributed by atoms with van der Waals surface area (Å²) in [6, 6.07) is 0. The van der Waals surface area contributed by atoms with Gasteiger partial charge in [0.2, 0.25) is 0 Å². The van der Waals surface area contributed by atoms with Crippen LogP contribution in [0.15, 0.2) is 0 Å². The van der Waals surface area contributed by atoms with Crippen LogP contribution < -0.4 is 0 Å². The van der Waals surface area contributed by atoms with Gasteiger partial charge in [-0.2, -0.15) is 0 Å². The van der Waals surface area contributed by atoms with Crippen LogP contribution >= 0.6 is 0 Å². The summed E-state index contributed by atoms with van der Waals surface area (Å²) in [6.07, 6.45) is 2.89. The van der Waals surface area contributed by atoms with E-state index in [4.69, 9.17) is 5.11 Å². The van der Waals surface area contributed by atoms with Crippen LogP contribution in [0.5, 0.6) is 0 Å². The van der Waals surface area contributed by atoms with E-state index in [1.165, 1.54) is 0 Å². The summed E-state index contributed by atoms with van der Waals surface area (Å²) in [7, 11) is 0. The van der Waals surface area contributed by atoms with Crippen LogP contribution in [-0.4, -0.2) is 16.9 Å². The van der Waals surface area contributed by atoms with E-state index >= 15 is 0 Å². The monoisotopic (exact) mass is 168 g/mol. The van der Waals surface area contributed by atoms with Crippen molar-refractivity contribution in [2.24, 2.45) is 17.8 Å². The van der Waals surface area contributed by atoms with Crippen LogP contribution in [0.2, 0.25) is 0 Å². The molecule has 0 aromatic carbocycles. The van der Waals surface area contributed by atoms with E-state index in [9.17, 15) is 9.59 Å². The minimum absolute atomic E-state index is 0.0739. The molecular formula is C9H12O3. The molecule has 0 saturated heterocycles. The predicted molar refractivity (Wildman–Crippen MR) is 41.6 cm³/mol. The number of ketones is 1. The second kappa shape index (κ2) is 2.57. The van der Waals surface area contributed by atoms with Crippen LogP contribution in [-0.2, 0) is 9.59 Å². The molecule has 2 bridgehead atoms. The molecule has 2 aliphatic rings. The molecule has 12 heavy (non-hydrogen) atoms. The van der Waals surface area contributed by atoms with Gasteiger partial charge in [0, 0.05) is 12.3 Å². The number of fused-ring (bicyclic) bond motifs is 2. The van der Waals surface area contributed by atoms with Gasteiger partial charge < -0.3 is 5.11 Å². The van der Waals surface area contributed by atoms with E-state index in [2.05, 4.69) is 0 Å². The molecule has 0 aromatic heterocycles. The molecule has 1 N–H and O–H groups in total. The number of Topliss-reactive ketones (excluding diaryl/α,β-unsaturated/α-hetero) is 1. The summed E-state index contributed by atoms with van der Waals surface area (Å²) in [5, 5.41) is 8.78. The van der Waals surface area contributed by atoms with Gasteiger partial charge in [-0.15, -0.1) is 0 Å². The zero-order chi connectivity index (χ0) is 8.72. The molecule has 3 unspecified atom stereocenters. The molecule has 0 spiro atoms. The lowest BCUT2D eigenvalue weighted by Crippen LogP contribution is -2.24. The maximum absolute atomic E-state index is 11.2.